The number of aryl methyl sites for hydroxylation is 1. The highest BCUT2D eigenvalue weighted by atomic mass is 16.5. The topological polar surface area (TPSA) is 87.2 Å². The van der Waals surface area contributed by atoms with Gasteiger partial charge in [-0.25, -0.2) is 15.0 Å². The van der Waals surface area contributed by atoms with Crippen LogP contribution in [0.25, 0.3) is 17.1 Å². The standard InChI is InChI=1S/C21H21N5O3/c1-14-4-5-15(13-27-2)10-17(14)25-20-24-12-18(29-20)16-6-7-22-19(11-16)26-9-8-23-21(26)28-3/h4-12H,13H2,1-3H3,(H,24,25). The third kappa shape index (κ3) is 3.97. The maximum absolute atomic E-state index is 5.92. The zero-order chi connectivity index (χ0) is 20.2. The molecule has 4 rings (SSSR count). The van der Waals surface area contributed by atoms with Crippen molar-refractivity contribution in [1.29, 1.82) is 0 Å². The van der Waals surface area contributed by atoms with Crippen LogP contribution in [0.5, 0.6) is 6.01 Å². The number of imidazole rings is 1. The van der Waals surface area contributed by atoms with Crippen LogP contribution in [0.15, 0.2) is 59.5 Å². The molecule has 0 fully saturated rings. The van der Waals surface area contributed by atoms with E-state index in [1.54, 1.807) is 43.6 Å². The summed E-state index contributed by atoms with van der Waals surface area (Å²) in [5.74, 6) is 1.30. The largest absolute Gasteiger partial charge is 0.468 e. The fourth-order valence-corrected chi connectivity index (χ4v) is 2.96. The minimum Gasteiger partial charge on any atom is -0.468 e. The lowest BCUT2D eigenvalue weighted by molar-refractivity contribution is 0.185. The lowest BCUT2D eigenvalue weighted by Crippen LogP contribution is -1.99. The molecule has 0 aliphatic heterocycles. The van der Waals surface area contributed by atoms with Gasteiger partial charge in [0.05, 0.1) is 19.9 Å². The normalized spacial score (nSPS) is 10.9. The molecule has 1 N–H and O–H groups in total. The highest BCUT2D eigenvalue weighted by Crippen LogP contribution is 2.27. The van der Waals surface area contributed by atoms with E-state index < -0.39 is 0 Å². The summed E-state index contributed by atoms with van der Waals surface area (Å²) in [6.45, 7) is 2.57. The summed E-state index contributed by atoms with van der Waals surface area (Å²) in [6.07, 6.45) is 6.83. The monoisotopic (exact) mass is 391 g/mol. The van der Waals surface area contributed by atoms with Crippen molar-refractivity contribution < 1.29 is 13.9 Å². The maximum atomic E-state index is 5.92. The Bertz CT molecular complexity index is 1120. The van der Waals surface area contributed by atoms with Crippen LogP contribution in [0.1, 0.15) is 11.1 Å². The summed E-state index contributed by atoms with van der Waals surface area (Å²) < 4.78 is 18.1. The average Bonchev–Trinajstić information content (AvgIpc) is 3.40. The lowest BCUT2D eigenvalue weighted by Gasteiger charge is -2.09. The number of benzene rings is 1. The molecule has 29 heavy (non-hydrogen) atoms. The fourth-order valence-electron chi connectivity index (χ4n) is 2.96. The molecule has 8 nitrogen and oxygen atoms in total. The maximum Gasteiger partial charge on any atom is 0.301 e. The molecule has 1 aromatic carbocycles. The van der Waals surface area contributed by atoms with Gasteiger partial charge in [-0.1, -0.05) is 12.1 Å². The van der Waals surface area contributed by atoms with Crippen LogP contribution in [0.3, 0.4) is 0 Å². The van der Waals surface area contributed by atoms with E-state index in [9.17, 15) is 0 Å². The Balaban J connectivity index is 1.59. The van der Waals surface area contributed by atoms with Crippen LogP contribution in [-0.2, 0) is 11.3 Å². The molecule has 0 unspecified atom stereocenters. The third-order valence-electron chi connectivity index (χ3n) is 4.43. The van der Waals surface area contributed by atoms with Crippen LogP contribution >= 0.6 is 0 Å². The molecule has 0 saturated heterocycles. The first kappa shape index (κ1) is 18.7. The summed E-state index contributed by atoms with van der Waals surface area (Å²) in [4.78, 5) is 12.9. The van der Waals surface area contributed by atoms with Gasteiger partial charge in [0.15, 0.2) is 5.76 Å². The van der Waals surface area contributed by atoms with Gasteiger partial charge in [-0.2, -0.15) is 0 Å². The minimum atomic E-state index is 0.413. The number of aromatic nitrogens is 4. The molecular weight excluding hydrogens is 370 g/mol. The first-order chi connectivity index (χ1) is 14.2. The van der Waals surface area contributed by atoms with Crippen LogP contribution < -0.4 is 10.1 Å². The first-order valence-corrected chi connectivity index (χ1v) is 9.03. The highest BCUT2D eigenvalue weighted by Gasteiger charge is 2.12. The smallest absolute Gasteiger partial charge is 0.301 e. The SMILES string of the molecule is COCc1ccc(C)c(Nc2ncc(-c3ccnc(-n4ccnc4OC)c3)o2)c1. The van der Waals surface area contributed by atoms with Crippen molar-refractivity contribution in [2.24, 2.45) is 0 Å². The van der Waals surface area contributed by atoms with Crippen LogP contribution in [0.4, 0.5) is 11.7 Å². The number of nitrogens with one attached hydrogen (secondary N) is 1. The van der Waals surface area contributed by atoms with E-state index >= 15 is 0 Å². The minimum absolute atomic E-state index is 0.413. The number of pyridine rings is 1. The molecule has 0 aliphatic carbocycles. The van der Waals surface area contributed by atoms with E-state index in [0.717, 1.165) is 22.4 Å². The van der Waals surface area contributed by atoms with E-state index in [1.807, 2.05) is 37.3 Å². The molecule has 0 spiro atoms. The van der Waals surface area contributed by atoms with Crippen molar-refractivity contribution in [3.05, 3.63) is 66.2 Å². The van der Waals surface area contributed by atoms with Gasteiger partial charge in [0.2, 0.25) is 0 Å². The van der Waals surface area contributed by atoms with Gasteiger partial charge in [0.25, 0.3) is 6.01 Å². The Morgan fingerprint density at radius 1 is 1.07 bits per heavy atom. The summed E-state index contributed by atoms with van der Waals surface area (Å²) >= 11 is 0. The summed E-state index contributed by atoms with van der Waals surface area (Å²) in [6, 6.07) is 10.7. The second-order valence-corrected chi connectivity index (χ2v) is 6.42. The number of anilines is 2. The van der Waals surface area contributed by atoms with Crippen molar-refractivity contribution in [3.63, 3.8) is 0 Å². The van der Waals surface area contributed by atoms with Crippen molar-refractivity contribution in [2.75, 3.05) is 19.5 Å². The molecule has 0 saturated carbocycles. The number of nitrogens with zero attached hydrogens (tertiary/aromatic N) is 4. The van der Waals surface area contributed by atoms with E-state index in [4.69, 9.17) is 13.9 Å². The fraction of sp³-hybridized carbons (Fsp3) is 0.190. The van der Waals surface area contributed by atoms with Crippen molar-refractivity contribution >= 4 is 11.7 Å². The first-order valence-electron chi connectivity index (χ1n) is 9.03. The van der Waals surface area contributed by atoms with E-state index in [0.29, 0.717) is 30.2 Å². The van der Waals surface area contributed by atoms with Crippen molar-refractivity contribution in [1.82, 2.24) is 19.5 Å². The molecule has 0 atom stereocenters. The van der Waals surface area contributed by atoms with Crippen molar-refractivity contribution in [3.8, 4) is 23.2 Å². The van der Waals surface area contributed by atoms with Crippen LogP contribution in [0.2, 0.25) is 0 Å². The Morgan fingerprint density at radius 3 is 2.79 bits per heavy atom. The van der Waals surface area contributed by atoms with Gasteiger partial charge < -0.3 is 19.2 Å². The van der Waals surface area contributed by atoms with E-state index in [2.05, 4.69) is 20.3 Å². The number of ether oxygens (including phenoxy) is 2. The molecule has 3 aromatic heterocycles. The molecule has 3 heterocycles. The Labute approximate surface area is 168 Å². The number of hydrogen-bond acceptors (Lipinski definition) is 7. The van der Waals surface area contributed by atoms with Gasteiger partial charge >= 0.3 is 6.01 Å². The second-order valence-electron chi connectivity index (χ2n) is 6.42. The summed E-state index contributed by atoms with van der Waals surface area (Å²) in [5.41, 5.74) is 3.92. The average molecular weight is 391 g/mol. The Kier molecular flexibility index (Phi) is 5.26. The number of oxazole rings is 1. The lowest BCUT2D eigenvalue weighted by atomic mass is 10.1. The number of hydrogen-bond donors (Lipinski definition) is 1. The van der Waals surface area contributed by atoms with Gasteiger partial charge in [0.1, 0.15) is 5.82 Å². The molecular formula is C21H21N5O3. The molecule has 4 aromatic rings. The van der Waals surface area contributed by atoms with Crippen LogP contribution in [0, 0.1) is 6.92 Å². The Hall–Kier alpha value is -3.65. The predicted octanol–water partition coefficient (Wildman–Crippen LogP) is 4.13. The van der Waals surface area contributed by atoms with Gasteiger partial charge in [-0.3, -0.25) is 4.57 Å². The van der Waals surface area contributed by atoms with E-state index in [1.165, 1.54) is 0 Å². The molecule has 148 valence electrons. The number of methoxy groups -OCH3 is 2. The molecule has 8 heteroatoms. The molecule has 0 amide bonds. The third-order valence-corrected chi connectivity index (χ3v) is 4.43. The van der Waals surface area contributed by atoms with E-state index in [-0.39, 0.29) is 0 Å². The molecule has 0 aliphatic rings. The Morgan fingerprint density at radius 2 is 1.97 bits per heavy atom. The number of rotatable bonds is 7. The highest BCUT2D eigenvalue weighted by molar-refractivity contribution is 5.63. The van der Waals surface area contributed by atoms with Crippen LogP contribution in [-0.4, -0.2) is 33.7 Å². The zero-order valence-electron chi connectivity index (χ0n) is 16.4. The summed E-state index contributed by atoms with van der Waals surface area (Å²) in [5, 5.41) is 3.24. The van der Waals surface area contributed by atoms with Gasteiger partial charge in [-0.15, -0.1) is 0 Å². The van der Waals surface area contributed by atoms with Gasteiger partial charge in [0, 0.05) is 37.0 Å². The van der Waals surface area contributed by atoms with Gasteiger partial charge in [-0.05, 0) is 36.2 Å². The molecule has 0 radical (unpaired) electrons. The van der Waals surface area contributed by atoms with Crippen molar-refractivity contribution in [2.45, 2.75) is 13.5 Å². The zero-order valence-corrected chi connectivity index (χ0v) is 16.4. The summed E-state index contributed by atoms with van der Waals surface area (Å²) in [7, 11) is 3.25. The quantitative estimate of drug-likeness (QED) is 0.507. The second kappa shape index (κ2) is 8.15. The molecule has 0 bridgehead atoms. The predicted molar refractivity (Wildman–Crippen MR) is 109 cm³/mol.